The van der Waals surface area contributed by atoms with Gasteiger partial charge in [0.15, 0.2) is 11.5 Å². The van der Waals surface area contributed by atoms with Crippen LogP contribution in [0.25, 0.3) is 0 Å². The fraction of sp³-hybridized carbons (Fsp3) is 0.235. The van der Waals surface area contributed by atoms with Gasteiger partial charge < -0.3 is 24.6 Å². The number of phenols is 1. The molecule has 0 atom stereocenters. The third-order valence-corrected chi connectivity index (χ3v) is 3.37. The van der Waals surface area contributed by atoms with Gasteiger partial charge in [-0.05, 0) is 18.2 Å². The zero-order chi connectivity index (χ0) is 16.8. The van der Waals surface area contributed by atoms with Gasteiger partial charge in [0.25, 0.3) is 5.91 Å². The van der Waals surface area contributed by atoms with Crippen molar-refractivity contribution >= 4 is 5.91 Å². The Bertz CT molecular complexity index is 699. The van der Waals surface area contributed by atoms with Crippen molar-refractivity contribution in [3.05, 3.63) is 47.5 Å². The summed E-state index contributed by atoms with van der Waals surface area (Å²) < 4.78 is 15.8. The first kappa shape index (κ1) is 16.5. The van der Waals surface area contributed by atoms with E-state index in [0.717, 1.165) is 5.56 Å². The fourth-order valence-corrected chi connectivity index (χ4v) is 2.17. The van der Waals surface area contributed by atoms with E-state index in [1.165, 1.54) is 27.4 Å². The van der Waals surface area contributed by atoms with Crippen molar-refractivity contribution in [2.75, 3.05) is 21.3 Å². The molecule has 6 heteroatoms. The van der Waals surface area contributed by atoms with E-state index in [9.17, 15) is 9.90 Å². The van der Waals surface area contributed by atoms with E-state index in [-0.39, 0.29) is 23.8 Å². The highest BCUT2D eigenvalue weighted by Gasteiger charge is 2.14. The van der Waals surface area contributed by atoms with E-state index in [4.69, 9.17) is 14.2 Å². The summed E-state index contributed by atoms with van der Waals surface area (Å²) in [5.41, 5.74) is 0.945. The summed E-state index contributed by atoms with van der Waals surface area (Å²) in [7, 11) is 4.61. The molecule has 2 rings (SSSR count). The molecule has 6 nitrogen and oxygen atoms in total. The lowest BCUT2D eigenvalue weighted by Crippen LogP contribution is -2.23. The van der Waals surface area contributed by atoms with Crippen molar-refractivity contribution in [1.29, 1.82) is 0 Å². The second-order valence-electron chi connectivity index (χ2n) is 4.72. The summed E-state index contributed by atoms with van der Waals surface area (Å²) >= 11 is 0. The van der Waals surface area contributed by atoms with Crippen molar-refractivity contribution in [2.24, 2.45) is 0 Å². The van der Waals surface area contributed by atoms with Gasteiger partial charge in [0.1, 0.15) is 11.5 Å². The molecule has 0 spiro atoms. The lowest BCUT2D eigenvalue weighted by Gasteiger charge is -2.14. The molecule has 0 fully saturated rings. The zero-order valence-electron chi connectivity index (χ0n) is 13.3. The highest BCUT2D eigenvalue weighted by Crippen LogP contribution is 2.34. The van der Waals surface area contributed by atoms with Crippen LogP contribution in [0.1, 0.15) is 15.9 Å². The molecule has 0 bridgehead atoms. The molecule has 1 amide bonds. The third kappa shape index (κ3) is 3.66. The first-order chi connectivity index (χ1) is 11.1. The Morgan fingerprint density at radius 1 is 1.00 bits per heavy atom. The standard InChI is InChI=1S/C17H19NO5/c1-21-14-9-16(23-3)15(22-2)8-11(14)10-18-17(20)12-6-4-5-7-13(12)19/h4-9,19H,10H2,1-3H3,(H,18,20). The number of carbonyl (C=O) groups is 1. The Kier molecular flexibility index (Phi) is 5.30. The Hall–Kier alpha value is -2.89. The molecule has 2 aromatic rings. The van der Waals surface area contributed by atoms with Gasteiger partial charge in [-0.15, -0.1) is 0 Å². The largest absolute Gasteiger partial charge is 0.507 e. The maximum atomic E-state index is 12.1. The average Bonchev–Trinajstić information content (AvgIpc) is 2.59. The van der Waals surface area contributed by atoms with Crippen LogP contribution < -0.4 is 19.5 Å². The van der Waals surface area contributed by atoms with Crippen molar-refractivity contribution in [2.45, 2.75) is 6.54 Å². The number of rotatable bonds is 6. The van der Waals surface area contributed by atoms with Crippen LogP contribution >= 0.6 is 0 Å². The quantitative estimate of drug-likeness (QED) is 0.855. The summed E-state index contributed by atoms with van der Waals surface area (Å²) in [6.07, 6.45) is 0. The average molecular weight is 317 g/mol. The normalized spacial score (nSPS) is 10.0. The summed E-state index contributed by atoms with van der Waals surface area (Å²) in [6.45, 7) is 0.219. The number of hydrogen-bond donors (Lipinski definition) is 2. The monoisotopic (exact) mass is 317 g/mol. The molecule has 0 aromatic heterocycles. The molecule has 122 valence electrons. The summed E-state index contributed by atoms with van der Waals surface area (Å²) in [4.78, 5) is 12.1. The number of methoxy groups -OCH3 is 3. The maximum absolute atomic E-state index is 12.1. The number of aromatic hydroxyl groups is 1. The van der Waals surface area contributed by atoms with Crippen LogP contribution in [-0.2, 0) is 6.54 Å². The first-order valence-electron chi connectivity index (χ1n) is 6.95. The second kappa shape index (κ2) is 7.40. The van der Waals surface area contributed by atoms with Crippen molar-refractivity contribution < 1.29 is 24.1 Å². The molecule has 0 heterocycles. The number of benzene rings is 2. The molecule has 0 aliphatic rings. The molecular weight excluding hydrogens is 298 g/mol. The van der Waals surface area contributed by atoms with Crippen LogP contribution in [0.2, 0.25) is 0 Å². The van der Waals surface area contributed by atoms with Gasteiger partial charge >= 0.3 is 0 Å². The minimum atomic E-state index is -0.375. The number of para-hydroxylation sites is 1. The van der Waals surface area contributed by atoms with E-state index in [2.05, 4.69) is 5.32 Å². The van der Waals surface area contributed by atoms with Crippen LogP contribution in [0.4, 0.5) is 0 Å². The van der Waals surface area contributed by atoms with Crippen LogP contribution in [0.3, 0.4) is 0 Å². The molecule has 23 heavy (non-hydrogen) atoms. The molecular formula is C17H19NO5. The molecule has 2 aromatic carbocycles. The van der Waals surface area contributed by atoms with Crippen LogP contribution in [0, 0.1) is 0 Å². The molecule has 0 saturated heterocycles. The van der Waals surface area contributed by atoms with Crippen LogP contribution in [0.15, 0.2) is 36.4 Å². The predicted molar refractivity (Wildman–Crippen MR) is 85.4 cm³/mol. The van der Waals surface area contributed by atoms with E-state index < -0.39 is 0 Å². The lowest BCUT2D eigenvalue weighted by molar-refractivity contribution is 0.0948. The first-order valence-corrected chi connectivity index (χ1v) is 6.95. The molecule has 0 aliphatic carbocycles. The predicted octanol–water partition coefficient (Wildman–Crippen LogP) is 2.35. The molecule has 0 radical (unpaired) electrons. The van der Waals surface area contributed by atoms with Gasteiger partial charge in [0.05, 0.1) is 26.9 Å². The summed E-state index contributed by atoms with van der Waals surface area (Å²) in [5, 5.41) is 12.5. The van der Waals surface area contributed by atoms with Crippen LogP contribution in [-0.4, -0.2) is 32.3 Å². The highest BCUT2D eigenvalue weighted by molar-refractivity contribution is 5.96. The van der Waals surface area contributed by atoms with Crippen molar-refractivity contribution in [3.63, 3.8) is 0 Å². The van der Waals surface area contributed by atoms with E-state index in [1.807, 2.05) is 0 Å². The maximum Gasteiger partial charge on any atom is 0.255 e. The Morgan fingerprint density at radius 3 is 2.22 bits per heavy atom. The van der Waals surface area contributed by atoms with Gasteiger partial charge in [-0.25, -0.2) is 0 Å². The molecule has 2 N–H and O–H groups in total. The van der Waals surface area contributed by atoms with Gasteiger partial charge in [0.2, 0.25) is 0 Å². The molecule has 0 unspecified atom stereocenters. The van der Waals surface area contributed by atoms with Crippen molar-refractivity contribution in [3.8, 4) is 23.0 Å². The zero-order valence-corrected chi connectivity index (χ0v) is 13.3. The summed E-state index contributed by atoms with van der Waals surface area (Å²) in [6, 6.07) is 9.79. The molecule has 0 saturated carbocycles. The van der Waals surface area contributed by atoms with E-state index in [1.54, 1.807) is 30.3 Å². The molecule has 0 aliphatic heterocycles. The van der Waals surface area contributed by atoms with Gasteiger partial charge in [-0.2, -0.15) is 0 Å². The number of amides is 1. The third-order valence-electron chi connectivity index (χ3n) is 3.37. The Labute approximate surface area is 134 Å². The number of nitrogens with one attached hydrogen (secondary N) is 1. The topological polar surface area (TPSA) is 77.0 Å². The van der Waals surface area contributed by atoms with E-state index >= 15 is 0 Å². The van der Waals surface area contributed by atoms with Crippen LogP contribution in [0.5, 0.6) is 23.0 Å². The van der Waals surface area contributed by atoms with Gasteiger partial charge in [-0.3, -0.25) is 4.79 Å². The Morgan fingerprint density at radius 2 is 1.61 bits per heavy atom. The SMILES string of the molecule is COc1cc(OC)c(OC)cc1CNC(=O)c1ccccc1O. The number of hydrogen-bond acceptors (Lipinski definition) is 5. The minimum absolute atomic E-state index is 0.0655. The second-order valence-corrected chi connectivity index (χ2v) is 4.72. The number of ether oxygens (including phenoxy) is 3. The highest BCUT2D eigenvalue weighted by atomic mass is 16.5. The van der Waals surface area contributed by atoms with Gasteiger partial charge in [-0.1, -0.05) is 12.1 Å². The lowest BCUT2D eigenvalue weighted by atomic mass is 10.1. The smallest absolute Gasteiger partial charge is 0.255 e. The Balaban J connectivity index is 2.20. The van der Waals surface area contributed by atoms with Gasteiger partial charge in [0, 0.05) is 18.2 Å². The number of carbonyl (C=O) groups excluding carboxylic acids is 1. The van der Waals surface area contributed by atoms with Crippen molar-refractivity contribution in [1.82, 2.24) is 5.32 Å². The van der Waals surface area contributed by atoms with E-state index in [0.29, 0.717) is 17.2 Å². The summed E-state index contributed by atoms with van der Waals surface area (Å²) in [5.74, 6) is 1.21. The fourth-order valence-electron chi connectivity index (χ4n) is 2.17. The number of phenolic OH excluding ortho intramolecular Hbond substituents is 1. The minimum Gasteiger partial charge on any atom is -0.507 e.